The number of hydrogen-bond donors (Lipinski definition) is 0. The van der Waals surface area contributed by atoms with Crippen LogP contribution in [0, 0.1) is 6.20 Å². The molecule has 0 unspecified atom stereocenters. The first-order chi connectivity index (χ1) is 11.9. The van der Waals surface area contributed by atoms with E-state index in [0.717, 1.165) is 0 Å². The van der Waals surface area contributed by atoms with Crippen LogP contribution in [0.4, 0.5) is 0 Å². The van der Waals surface area contributed by atoms with E-state index in [0.29, 0.717) is 34.0 Å². The Hall–Kier alpha value is -3.61. The van der Waals surface area contributed by atoms with Gasteiger partial charge in [-0.1, -0.05) is 6.07 Å². The van der Waals surface area contributed by atoms with Gasteiger partial charge < -0.3 is 0 Å². The third kappa shape index (κ3) is 2.58. The topological polar surface area (TPSA) is 90.2 Å². The van der Waals surface area contributed by atoms with Crippen LogP contribution in [0.5, 0.6) is 0 Å². The van der Waals surface area contributed by atoms with Gasteiger partial charge in [0.1, 0.15) is 11.9 Å². The van der Waals surface area contributed by atoms with Gasteiger partial charge in [0.2, 0.25) is 0 Å². The highest BCUT2D eigenvalue weighted by molar-refractivity contribution is 5.87. The fourth-order valence-electron chi connectivity index (χ4n) is 2.29. The molecule has 0 saturated heterocycles. The summed E-state index contributed by atoms with van der Waals surface area (Å²) in [6, 6.07) is 7.34. The Kier molecular flexibility index (Phi) is 3.65. The van der Waals surface area contributed by atoms with Crippen molar-refractivity contribution in [3.05, 3.63) is 67.6 Å². The number of nitrogens with zero attached hydrogens (tertiary/aromatic N) is 7. The summed E-state index contributed by atoms with van der Waals surface area (Å²) in [5.41, 5.74) is 3.16. The Bertz CT molecular complexity index is 886. The van der Waals surface area contributed by atoms with Crippen LogP contribution in [0.1, 0.15) is 0 Å². The van der Waals surface area contributed by atoms with Gasteiger partial charge in [-0.05, 0) is 18.2 Å². The van der Waals surface area contributed by atoms with Gasteiger partial charge in [-0.2, -0.15) is 0 Å². The molecule has 0 fully saturated rings. The number of rotatable bonds is 3. The SMILES string of the molecule is [c]1nnc(-c2ccccn2)c(-c2ncccn2)c1-c1cnccn1. The summed E-state index contributed by atoms with van der Waals surface area (Å²) in [5.74, 6) is 0.505. The minimum absolute atomic E-state index is 0.505. The van der Waals surface area contributed by atoms with Crippen molar-refractivity contribution >= 4 is 0 Å². The summed E-state index contributed by atoms with van der Waals surface area (Å²) in [7, 11) is 0. The predicted molar refractivity (Wildman–Crippen MR) is 86.2 cm³/mol. The molecule has 0 aromatic carbocycles. The van der Waals surface area contributed by atoms with Crippen molar-refractivity contribution in [1.29, 1.82) is 0 Å². The van der Waals surface area contributed by atoms with Crippen molar-refractivity contribution in [1.82, 2.24) is 35.1 Å². The molecule has 113 valence electrons. The van der Waals surface area contributed by atoms with Gasteiger partial charge in [-0.15, -0.1) is 10.2 Å². The average molecular weight is 312 g/mol. The van der Waals surface area contributed by atoms with E-state index in [4.69, 9.17) is 0 Å². The minimum atomic E-state index is 0.505. The smallest absolute Gasteiger partial charge is 0.162 e. The fraction of sp³-hybridized carbons (Fsp3) is 0. The maximum atomic E-state index is 4.36. The summed E-state index contributed by atoms with van der Waals surface area (Å²) in [6.45, 7) is 0. The first-order valence-electron chi connectivity index (χ1n) is 7.17. The summed E-state index contributed by atoms with van der Waals surface area (Å²) >= 11 is 0. The molecule has 0 amide bonds. The predicted octanol–water partition coefficient (Wildman–Crippen LogP) is 2.25. The monoisotopic (exact) mass is 312 g/mol. The van der Waals surface area contributed by atoms with Crippen molar-refractivity contribution in [3.63, 3.8) is 0 Å². The van der Waals surface area contributed by atoms with E-state index in [2.05, 4.69) is 41.3 Å². The lowest BCUT2D eigenvalue weighted by Crippen LogP contribution is -2.01. The standard InChI is InChI=1S/C17H10N7/c1-2-5-19-13(4-1)16-15(17-21-6-3-7-22-17)12(10-23-24-16)14-11-18-8-9-20-14/h1-9,11H. The minimum Gasteiger partial charge on any atom is -0.261 e. The lowest BCUT2D eigenvalue weighted by atomic mass is 10.0. The Balaban J connectivity index is 2.02. The molecule has 0 N–H and O–H groups in total. The van der Waals surface area contributed by atoms with Crippen molar-refractivity contribution in [2.45, 2.75) is 0 Å². The zero-order chi connectivity index (χ0) is 16.2. The summed E-state index contributed by atoms with van der Waals surface area (Å²) in [6.07, 6.45) is 12.8. The molecule has 0 aliphatic carbocycles. The van der Waals surface area contributed by atoms with Gasteiger partial charge in [0.25, 0.3) is 0 Å². The summed E-state index contributed by atoms with van der Waals surface area (Å²) in [5, 5.41) is 8.20. The maximum absolute atomic E-state index is 4.36. The van der Waals surface area contributed by atoms with Crippen LogP contribution < -0.4 is 0 Å². The number of hydrogen-bond acceptors (Lipinski definition) is 7. The second-order valence-electron chi connectivity index (χ2n) is 4.79. The van der Waals surface area contributed by atoms with Gasteiger partial charge >= 0.3 is 0 Å². The van der Waals surface area contributed by atoms with E-state index in [1.807, 2.05) is 18.2 Å². The quantitative estimate of drug-likeness (QED) is 0.573. The van der Waals surface area contributed by atoms with Gasteiger partial charge in [0.15, 0.2) is 5.82 Å². The number of aromatic nitrogens is 7. The van der Waals surface area contributed by atoms with Crippen LogP contribution in [0.25, 0.3) is 34.0 Å². The van der Waals surface area contributed by atoms with E-state index in [9.17, 15) is 0 Å². The van der Waals surface area contributed by atoms with Crippen LogP contribution in [0.15, 0.2) is 61.4 Å². The van der Waals surface area contributed by atoms with Crippen LogP contribution in [-0.4, -0.2) is 35.1 Å². The van der Waals surface area contributed by atoms with Crippen molar-refractivity contribution in [2.75, 3.05) is 0 Å². The molecule has 1 radical (unpaired) electrons. The molecular weight excluding hydrogens is 302 g/mol. The van der Waals surface area contributed by atoms with E-state index < -0.39 is 0 Å². The molecule has 24 heavy (non-hydrogen) atoms. The molecule has 0 aliphatic rings. The fourth-order valence-corrected chi connectivity index (χ4v) is 2.29. The van der Waals surface area contributed by atoms with Crippen LogP contribution >= 0.6 is 0 Å². The molecule has 0 bridgehead atoms. The molecular formula is C17H10N7. The molecule has 0 spiro atoms. The lowest BCUT2D eigenvalue weighted by molar-refractivity contribution is 1.01. The van der Waals surface area contributed by atoms with Crippen LogP contribution in [0.2, 0.25) is 0 Å². The molecule has 0 saturated carbocycles. The maximum Gasteiger partial charge on any atom is 0.162 e. The second kappa shape index (κ2) is 6.25. The molecule has 4 aromatic rings. The normalized spacial score (nSPS) is 10.5. The van der Waals surface area contributed by atoms with E-state index in [1.165, 1.54) is 0 Å². The third-order valence-electron chi connectivity index (χ3n) is 3.31. The largest absolute Gasteiger partial charge is 0.261 e. The van der Waals surface area contributed by atoms with Crippen LogP contribution in [0.3, 0.4) is 0 Å². The Morgan fingerprint density at radius 3 is 2.33 bits per heavy atom. The van der Waals surface area contributed by atoms with Crippen LogP contribution in [-0.2, 0) is 0 Å². The highest BCUT2D eigenvalue weighted by Gasteiger charge is 2.20. The molecule has 4 aromatic heterocycles. The van der Waals surface area contributed by atoms with Crippen molar-refractivity contribution < 1.29 is 0 Å². The van der Waals surface area contributed by atoms with Gasteiger partial charge in [0, 0.05) is 36.5 Å². The van der Waals surface area contributed by atoms with Gasteiger partial charge in [-0.3, -0.25) is 15.0 Å². The molecule has 0 aliphatic heterocycles. The molecule has 4 heterocycles. The highest BCUT2D eigenvalue weighted by atomic mass is 15.1. The van der Waals surface area contributed by atoms with E-state index in [1.54, 1.807) is 43.2 Å². The molecule has 7 nitrogen and oxygen atoms in total. The summed E-state index contributed by atoms with van der Waals surface area (Å²) < 4.78 is 0. The lowest BCUT2D eigenvalue weighted by Gasteiger charge is -2.10. The zero-order valence-corrected chi connectivity index (χ0v) is 12.4. The van der Waals surface area contributed by atoms with Gasteiger partial charge in [-0.25, -0.2) is 9.97 Å². The third-order valence-corrected chi connectivity index (χ3v) is 3.31. The highest BCUT2D eigenvalue weighted by Crippen LogP contribution is 2.33. The zero-order valence-electron chi connectivity index (χ0n) is 12.4. The summed E-state index contributed by atoms with van der Waals surface area (Å²) in [4.78, 5) is 21.5. The number of pyridine rings is 1. The first kappa shape index (κ1) is 14.0. The van der Waals surface area contributed by atoms with E-state index >= 15 is 0 Å². The van der Waals surface area contributed by atoms with E-state index in [-0.39, 0.29) is 0 Å². The molecule has 0 atom stereocenters. The Morgan fingerprint density at radius 1 is 0.750 bits per heavy atom. The van der Waals surface area contributed by atoms with Crippen molar-refractivity contribution in [3.8, 4) is 34.0 Å². The van der Waals surface area contributed by atoms with Crippen molar-refractivity contribution in [2.24, 2.45) is 0 Å². The second-order valence-corrected chi connectivity index (χ2v) is 4.79. The Morgan fingerprint density at radius 2 is 1.58 bits per heavy atom. The van der Waals surface area contributed by atoms with Gasteiger partial charge in [0.05, 0.1) is 23.1 Å². The molecule has 7 heteroatoms. The Labute approximate surface area is 137 Å². The average Bonchev–Trinajstić information content (AvgIpc) is 2.69. The molecule has 4 rings (SSSR count). The first-order valence-corrected chi connectivity index (χ1v) is 7.17.